The van der Waals surface area contributed by atoms with Gasteiger partial charge in [0.25, 0.3) is 0 Å². The average Bonchev–Trinajstić information content (AvgIpc) is 3.23. The molecule has 0 aliphatic rings. The minimum atomic E-state index is -0.282. The molecule has 136 valence electrons. The second-order valence-corrected chi connectivity index (χ2v) is 7.75. The topological polar surface area (TPSA) is 86.1 Å². The van der Waals surface area contributed by atoms with Crippen LogP contribution in [0.2, 0.25) is 0 Å². The second kappa shape index (κ2) is 8.33. The monoisotopic (exact) mass is 390 g/mol. The summed E-state index contributed by atoms with van der Waals surface area (Å²) in [5.74, 6) is 0.784. The SMILES string of the molecule is COC(=O)CSc1nc2ccc(NC(=O)CCn3ccnc3C)cc2s1. The van der Waals surface area contributed by atoms with E-state index in [9.17, 15) is 9.59 Å². The molecule has 0 bridgehead atoms. The van der Waals surface area contributed by atoms with E-state index in [0.717, 1.165) is 26.1 Å². The lowest BCUT2D eigenvalue weighted by molar-refractivity contribution is -0.137. The summed E-state index contributed by atoms with van der Waals surface area (Å²) in [7, 11) is 1.37. The average molecular weight is 390 g/mol. The van der Waals surface area contributed by atoms with Crippen molar-refractivity contribution >= 4 is 50.9 Å². The highest BCUT2D eigenvalue weighted by atomic mass is 32.2. The maximum atomic E-state index is 12.2. The summed E-state index contributed by atoms with van der Waals surface area (Å²) < 4.78 is 8.33. The van der Waals surface area contributed by atoms with Crippen LogP contribution in [0, 0.1) is 6.92 Å². The van der Waals surface area contributed by atoms with Crippen molar-refractivity contribution in [3.63, 3.8) is 0 Å². The maximum absolute atomic E-state index is 12.2. The van der Waals surface area contributed by atoms with E-state index in [2.05, 4.69) is 20.0 Å². The second-order valence-electron chi connectivity index (χ2n) is 5.49. The number of aryl methyl sites for hydroxylation is 2. The van der Waals surface area contributed by atoms with Gasteiger partial charge in [0.1, 0.15) is 5.82 Å². The van der Waals surface area contributed by atoms with Gasteiger partial charge in [0, 0.05) is 31.0 Å². The van der Waals surface area contributed by atoms with Crippen LogP contribution in [0.3, 0.4) is 0 Å². The van der Waals surface area contributed by atoms with Crippen LogP contribution in [0.25, 0.3) is 10.2 Å². The summed E-state index contributed by atoms with van der Waals surface area (Å²) in [6, 6.07) is 5.59. The zero-order valence-electron chi connectivity index (χ0n) is 14.4. The number of esters is 1. The third kappa shape index (κ3) is 4.61. The van der Waals surface area contributed by atoms with Crippen molar-refractivity contribution in [3.05, 3.63) is 36.4 Å². The Hall–Kier alpha value is -2.39. The number of carbonyl (C=O) groups is 2. The fourth-order valence-electron chi connectivity index (χ4n) is 2.31. The molecular formula is C17H18N4O3S2. The molecule has 7 nitrogen and oxygen atoms in total. The van der Waals surface area contributed by atoms with E-state index in [1.807, 2.05) is 35.9 Å². The largest absolute Gasteiger partial charge is 0.468 e. The highest BCUT2D eigenvalue weighted by Crippen LogP contribution is 2.31. The molecule has 2 heterocycles. The molecule has 2 aromatic heterocycles. The number of thiazole rings is 1. The van der Waals surface area contributed by atoms with Crippen molar-refractivity contribution < 1.29 is 14.3 Å². The van der Waals surface area contributed by atoms with Gasteiger partial charge in [-0.2, -0.15) is 0 Å². The minimum Gasteiger partial charge on any atom is -0.468 e. The molecule has 0 aliphatic heterocycles. The summed E-state index contributed by atoms with van der Waals surface area (Å²) >= 11 is 2.83. The van der Waals surface area contributed by atoms with Crippen molar-refractivity contribution in [2.45, 2.75) is 24.2 Å². The Morgan fingerprint density at radius 1 is 1.38 bits per heavy atom. The molecule has 0 radical (unpaired) electrons. The smallest absolute Gasteiger partial charge is 0.316 e. The highest BCUT2D eigenvalue weighted by Gasteiger charge is 2.10. The molecule has 0 spiro atoms. The van der Waals surface area contributed by atoms with E-state index in [1.54, 1.807) is 6.20 Å². The fourth-order valence-corrected chi connectivity index (χ4v) is 4.25. The summed E-state index contributed by atoms with van der Waals surface area (Å²) in [4.78, 5) is 32.0. The number of fused-ring (bicyclic) bond motifs is 1. The number of amides is 1. The van der Waals surface area contributed by atoms with Crippen molar-refractivity contribution in [3.8, 4) is 0 Å². The summed E-state index contributed by atoms with van der Waals surface area (Å²) in [6.45, 7) is 2.50. The molecule has 0 aliphatic carbocycles. The number of benzene rings is 1. The number of ether oxygens (including phenoxy) is 1. The predicted molar refractivity (Wildman–Crippen MR) is 103 cm³/mol. The van der Waals surface area contributed by atoms with Crippen LogP contribution in [0.4, 0.5) is 5.69 Å². The molecule has 0 saturated carbocycles. The molecule has 9 heteroatoms. The molecule has 0 unspecified atom stereocenters. The fraction of sp³-hybridized carbons (Fsp3) is 0.294. The molecule has 0 atom stereocenters. The Balaban J connectivity index is 1.60. The molecule has 1 aromatic carbocycles. The first-order valence-electron chi connectivity index (χ1n) is 7.93. The number of thioether (sulfide) groups is 1. The summed E-state index contributed by atoms with van der Waals surface area (Å²) in [5.41, 5.74) is 1.58. The molecular weight excluding hydrogens is 372 g/mol. The molecule has 0 fully saturated rings. The van der Waals surface area contributed by atoms with Crippen LogP contribution in [-0.4, -0.2) is 39.3 Å². The molecule has 1 amide bonds. The van der Waals surface area contributed by atoms with Gasteiger partial charge in [0.05, 0.1) is 23.1 Å². The first-order valence-corrected chi connectivity index (χ1v) is 9.73. The number of rotatable bonds is 7. The van der Waals surface area contributed by atoms with Crippen LogP contribution in [0.15, 0.2) is 34.9 Å². The summed E-state index contributed by atoms with van der Waals surface area (Å²) in [5, 5.41) is 2.91. The molecule has 0 saturated heterocycles. The van der Waals surface area contributed by atoms with Gasteiger partial charge in [0.2, 0.25) is 5.91 Å². The molecule has 3 aromatic rings. The van der Waals surface area contributed by atoms with Crippen molar-refractivity contribution in [2.24, 2.45) is 0 Å². The number of methoxy groups -OCH3 is 1. The number of nitrogens with one attached hydrogen (secondary N) is 1. The van der Waals surface area contributed by atoms with Gasteiger partial charge in [-0.1, -0.05) is 11.8 Å². The van der Waals surface area contributed by atoms with Crippen LogP contribution in [0.1, 0.15) is 12.2 Å². The third-order valence-corrected chi connectivity index (χ3v) is 5.83. The summed E-state index contributed by atoms with van der Waals surface area (Å²) in [6.07, 6.45) is 3.96. The van der Waals surface area contributed by atoms with Crippen molar-refractivity contribution in [1.82, 2.24) is 14.5 Å². The number of imidazole rings is 1. The van der Waals surface area contributed by atoms with Gasteiger partial charge in [-0.3, -0.25) is 9.59 Å². The van der Waals surface area contributed by atoms with E-state index in [0.29, 0.717) is 13.0 Å². The molecule has 1 N–H and O–H groups in total. The lowest BCUT2D eigenvalue weighted by atomic mass is 10.3. The normalized spacial score (nSPS) is 10.8. The minimum absolute atomic E-state index is 0.0535. The van der Waals surface area contributed by atoms with E-state index in [-0.39, 0.29) is 17.6 Å². The Labute approximate surface area is 158 Å². The van der Waals surface area contributed by atoms with Crippen LogP contribution in [0.5, 0.6) is 0 Å². The van der Waals surface area contributed by atoms with E-state index in [4.69, 9.17) is 0 Å². The lowest BCUT2D eigenvalue weighted by Gasteiger charge is -2.07. The van der Waals surface area contributed by atoms with Crippen LogP contribution in [-0.2, 0) is 20.9 Å². The predicted octanol–water partition coefficient (Wildman–Crippen LogP) is 3.10. The van der Waals surface area contributed by atoms with Gasteiger partial charge >= 0.3 is 5.97 Å². The zero-order valence-corrected chi connectivity index (χ0v) is 16.0. The van der Waals surface area contributed by atoms with E-state index >= 15 is 0 Å². The number of carbonyl (C=O) groups excluding carboxylic acids is 2. The van der Waals surface area contributed by atoms with E-state index in [1.165, 1.54) is 30.2 Å². The van der Waals surface area contributed by atoms with E-state index < -0.39 is 0 Å². The quantitative estimate of drug-likeness (QED) is 0.493. The zero-order chi connectivity index (χ0) is 18.5. The Morgan fingerprint density at radius 3 is 2.96 bits per heavy atom. The van der Waals surface area contributed by atoms with Gasteiger partial charge in [-0.25, -0.2) is 9.97 Å². The van der Waals surface area contributed by atoms with Crippen LogP contribution < -0.4 is 5.32 Å². The Bertz CT molecular complexity index is 935. The first kappa shape index (κ1) is 18.4. The van der Waals surface area contributed by atoms with Crippen molar-refractivity contribution in [1.29, 1.82) is 0 Å². The number of anilines is 1. The number of hydrogen-bond acceptors (Lipinski definition) is 7. The number of aromatic nitrogens is 3. The third-order valence-electron chi connectivity index (χ3n) is 3.70. The molecule has 26 heavy (non-hydrogen) atoms. The van der Waals surface area contributed by atoms with Crippen LogP contribution >= 0.6 is 23.1 Å². The molecule has 3 rings (SSSR count). The highest BCUT2D eigenvalue weighted by molar-refractivity contribution is 8.01. The van der Waals surface area contributed by atoms with Gasteiger partial charge < -0.3 is 14.6 Å². The standard InChI is InChI=1S/C17H18N4O3S2/c1-11-18-6-8-21(11)7-5-15(22)19-12-3-4-13-14(9-12)26-17(20-13)25-10-16(23)24-2/h3-4,6,8-9H,5,7,10H2,1-2H3,(H,19,22). The number of nitrogens with zero attached hydrogens (tertiary/aromatic N) is 3. The van der Waals surface area contributed by atoms with Crippen molar-refractivity contribution in [2.75, 3.05) is 18.2 Å². The Kier molecular flexibility index (Phi) is 5.89. The lowest BCUT2D eigenvalue weighted by Crippen LogP contribution is -2.14. The first-order chi connectivity index (χ1) is 12.5. The maximum Gasteiger partial charge on any atom is 0.316 e. The van der Waals surface area contributed by atoms with Gasteiger partial charge in [-0.05, 0) is 25.1 Å². The number of hydrogen-bond donors (Lipinski definition) is 1. The van der Waals surface area contributed by atoms with Gasteiger partial charge in [-0.15, -0.1) is 11.3 Å². The van der Waals surface area contributed by atoms with Gasteiger partial charge in [0.15, 0.2) is 4.34 Å². The Morgan fingerprint density at radius 2 is 2.23 bits per heavy atom.